The highest BCUT2D eigenvalue weighted by atomic mass is 32.1. The normalized spacial score (nSPS) is 18.0. The van der Waals surface area contributed by atoms with Gasteiger partial charge >= 0.3 is 0 Å². The maximum atomic E-state index is 12.4. The van der Waals surface area contributed by atoms with E-state index < -0.39 is 0 Å². The molecule has 4 nitrogen and oxygen atoms in total. The van der Waals surface area contributed by atoms with Crippen molar-refractivity contribution in [2.45, 2.75) is 18.9 Å². The van der Waals surface area contributed by atoms with Gasteiger partial charge in [-0.1, -0.05) is 30.4 Å². The molecule has 1 unspecified atom stereocenters. The molecule has 3 N–H and O–H groups in total. The number of hydrogen-bond acceptors (Lipinski definition) is 2. The van der Waals surface area contributed by atoms with Crippen LogP contribution >= 0.6 is 12.2 Å². The largest absolute Gasteiger partial charge is 0.388 e. The summed E-state index contributed by atoms with van der Waals surface area (Å²) in [7, 11) is 0. The number of benzene rings is 1. The molecule has 0 aliphatic carbocycles. The molecule has 1 amide bonds. The Kier molecular flexibility index (Phi) is 3.28. The Morgan fingerprint density at radius 1 is 1.30 bits per heavy atom. The zero-order valence-corrected chi connectivity index (χ0v) is 11.7. The zero-order valence-electron chi connectivity index (χ0n) is 10.9. The number of fused-ring (bicyclic) bond motifs is 1. The Bertz CT molecular complexity index is 677. The highest BCUT2D eigenvalue weighted by Gasteiger charge is 2.26. The monoisotopic (exact) mass is 285 g/mol. The minimum absolute atomic E-state index is 0.0244. The second-order valence-electron chi connectivity index (χ2n) is 4.87. The first kappa shape index (κ1) is 12.9. The van der Waals surface area contributed by atoms with E-state index in [-0.39, 0.29) is 11.9 Å². The third-order valence-corrected chi connectivity index (χ3v) is 3.84. The molecule has 0 fully saturated rings. The summed E-state index contributed by atoms with van der Waals surface area (Å²) in [5, 5.41) is 2.98. The molecule has 0 saturated carbocycles. The Morgan fingerprint density at radius 2 is 2.10 bits per heavy atom. The number of thiocarbonyl (C=S) groups is 1. The van der Waals surface area contributed by atoms with Crippen molar-refractivity contribution in [3.8, 4) is 0 Å². The lowest BCUT2D eigenvalue weighted by Crippen LogP contribution is -2.27. The van der Waals surface area contributed by atoms with Crippen LogP contribution in [0.4, 0.5) is 5.69 Å². The number of nitrogens with zero attached hydrogens (tertiary/aromatic N) is 1. The van der Waals surface area contributed by atoms with E-state index in [0.717, 1.165) is 29.8 Å². The van der Waals surface area contributed by atoms with E-state index in [1.807, 2.05) is 47.2 Å². The molecule has 1 aliphatic rings. The van der Waals surface area contributed by atoms with Crippen LogP contribution in [0.5, 0.6) is 0 Å². The van der Waals surface area contributed by atoms with Crippen molar-refractivity contribution in [1.29, 1.82) is 0 Å². The highest BCUT2D eigenvalue weighted by Crippen LogP contribution is 2.27. The van der Waals surface area contributed by atoms with E-state index in [2.05, 4.69) is 5.32 Å². The number of rotatable bonds is 2. The predicted octanol–water partition coefficient (Wildman–Crippen LogP) is 2.25. The van der Waals surface area contributed by atoms with E-state index in [0.29, 0.717) is 4.99 Å². The highest BCUT2D eigenvalue weighted by molar-refractivity contribution is 7.80. The smallest absolute Gasteiger partial charge is 0.247 e. The molecule has 1 aromatic carbocycles. The van der Waals surface area contributed by atoms with Gasteiger partial charge in [-0.15, -0.1) is 0 Å². The number of anilines is 1. The Morgan fingerprint density at radius 3 is 2.90 bits per heavy atom. The van der Waals surface area contributed by atoms with Crippen molar-refractivity contribution in [2.24, 2.45) is 5.73 Å². The average molecular weight is 285 g/mol. The van der Waals surface area contributed by atoms with Gasteiger partial charge in [-0.25, -0.2) is 0 Å². The van der Waals surface area contributed by atoms with Gasteiger partial charge in [0.25, 0.3) is 0 Å². The van der Waals surface area contributed by atoms with Crippen LogP contribution in [0.3, 0.4) is 0 Å². The number of nitrogens with two attached hydrogens (primary N) is 1. The van der Waals surface area contributed by atoms with E-state index in [9.17, 15) is 4.79 Å². The van der Waals surface area contributed by atoms with Crippen LogP contribution in [-0.4, -0.2) is 15.5 Å². The first-order chi connectivity index (χ1) is 9.66. The minimum Gasteiger partial charge on any atom is -0.388 e. The van der Waals surface area contributed by atoms with Gasteiger partial charge in [-0.3, -0.25) is 4.79 Å². The van der Waals surface area contributed by atoms with Crippen LogP contribution in [0.1, 0.15) is 23.7 Å². The lowest BCUT2D eigenvalue weighted by Gasteiger charge is -2.18. The van der Waals surface area contributed by atoms with Gasteiger partial charge in [0, 0.05) is 11.9 Å². The quantitative estimate of drug-likeness (QED) is 0.832. The molecule has 1 aromatic heterocycles. The van der Waals surface area contributed by atoms with Gasteiger partial charge < -0.3 is 15.6 Å². The van der Waals surface area contributed by atoms with Gasteiger partial charge in [0.1, 0.15) is 11.0 Å². The summed E-state index contributed by atoms with van der Waals surface area (Å²) >= 11 is 5.04. The topological polar surface area (TPSA) is 60.0 Å². The van der Waals surface area contributed by atoms with Gasteiger partial charge in [0.15, 0.2) is 0 Å². The van der Waals surface area contributed by atoms with Crippen molar-refractivity contribution < 1.29 is 4.79 Å². The van der Waals surface area contributed by atoms with Gasteiger partial charge in [-0.05, 0) is 36.6 Å². The first-order valence-electron chi connectivity index (χ1n) is 6.52. The molecule has 5 heteroatoms. The van der Waals surface area contributed by atoms with E-state index in [1.54, 1.807) is 0 Å². The maximum absolute atomic E-state index is 12.4. The second kappa shape index (κ2) is 5.09. The second-order valence-corrected chi connectivity index (χ2v) is 5.31. The molecule has 0 radical (unpaired) electrons. The Labute approximate surface area is 122 Å². The molecular weight excluding hydrogens is 270 g/mol. The molecule has 102 valence electrons. The SMILES string of the molecule is NC(=S)c1cccn1C1CCc2ccccc2NC1=O. The molecule has 2 heterocycles. The van der Waals surface area contributed by atoms with Crippen LogP contribution in [0.2, 0.25) is 0 Å². The number of amides is 1. The standard InChI is InChI=1S/C15H15N3OS/c16-14(20)12-6-3-9-18(12)13-8-7-10-4-1-2-5-11(10)17-15(13)19/h1-6,9,13H,7-8H2,(H2,16,20)(H,17,19). The molecule has 1 atom stereocenters. The maximum Gasteiger partial charge on any atom is 0.247 e. The van der Waals surface area contributed by atoms with Crippen LogP contribution in [0.25, 0.3) is 0 Å². The summed E-state index contributed by atoms with van der Waals surface area (Å²) in [5.74, 6) is -0.0244. The zero-order chi connectivity index (χ0) is 14.1. The number of hydrogen-bond donors (Lipinski definition) is 2. The number of carbonyl (C=O) groups excluding carboxylic acids is 1. The van der Waals surface area contributed by atoms with Crippen molar-refractivity contribution in [3.05, 3.63) is 53.9 Å². The lowest BCUT2D eigenvalue weighted by molar-refractivity contribution is -0.119. The molecular formula is C15H15N3OS. The first-order valence-corrected chi connectivity index (χ1v) is 6.93. The average Bonchev–Trinajstić information content (AvgIpc) is 2.84. The fourth-order valence-electron chi connectivity index (χ4n) is 2.64. The molecule has 2 aromatic rings. The Balaban J connectivity index is 1.95. The van der Waals surface area contributed by atoms with Crippen LogP contribution < -0.4 is 11.1 Å². The molecule has 0 bridgehead atoms. The number of carbonyl (C=O) groups is 1. The summed E-state index contributed by atoms with van der Waals surface area (Å²) in [6.45, 7) is 0. The molecule has 0 saturated heterocycles. The van der Waals surface area contributed by atoms with Gasteiger partial charge in [0.05, 0.1) is 5.69 Å². The lowest BCUT2D eigenvalue weighted by atomic mass is 10.1. The minimum atomic E-state index is -0.283. The van der Waals surface area contributed by atoms with Crippen molar-refractivity contribution in [3.63, 3.8) is 0 Å². The summed E-state index contributed by atoms with van der Waals surface area (Å²) in [4.78, 5) is 12.7. The fourth-order valence-corrected chi connectivity index (χ4v) is 2.81. The predicted molar refractivity (Wildman–Crippen MR) is 82.7 cm³/mol. The number of aromatic nitrogens is 1. The molecule has 20 heavy (non-hydrogen) atoms. The number of nitrogens with one attached hydrogen (secondary N) is 1. The van der Waals surface area contributed by atoms with Crippen LogP contribution in [0.15, 0.2) is 42.6 Å². The van der Waals surface area contributed by atoms with E-state index in [4.69, 9.17) is 18.0 Å². The van der Waals surface area contributed by atoms with Gasteiger partial charge in [0.2, 0.25) is 5.91 Å². The fraction of sp³-hybridized carbons (Fsp3) is 0.200. The number of para-hydroxylation sites is 1. The van der Waals surface area contributed by atoms with Crippen molar-refractivity contribution >= 4 is 28.8 Å². The Hall–Kier alpha value is -2.14. The van der Waals surface area contributed by atoms with Crippen molar-refractivity contribution in [1.82, 2.24) is 4.57 Å². The van der Waals surface area contributed by atoms with Crippen LogP contribution in [0, 0.1) is 0 Å². The summed E-state index contributed by atoms with van der Waals surface area (Å²) < 4.78 is 1.86. The molecule has 3 rings (SSSR count). The summed E-state index contributed by atoms with van der Waals surface area (Å²) in [6, 6.07) is 11.3. The van der Waals surface area contributed by atoms with Gasteiger partial charge in [-0.2, -0.15) is 0 Å². The molecule has 1 aliphatic heterocycles. The molecule has 0 spiro atoms. The third kappa shape index (κ3) is 2.20. The van der Waals surface area contributed by atoms with Crippen LogP contribution in [-0.2, 0) is 11.2 Å². The van der Waals surface area contributed by atoms with E-state index in [1.165, 1.54) is 0 Å². The third-order valence-electron chi connectivity index (χ3n) is 3.63. The summed E-state index contributed by atoms with van der Waals surface area (Å²) in [5.41, 5.74) is 8.49. The number of aryl methyl sites for hydroxylation is 1. The van der Waals surface area contributed by atoms with E-state index >= 15 is 0 Å². The van der Waals surface area contributed by atoms with Crippen molar-refractivity contribution in [2.75, 3.05) is 5.32 Å². The summed E-state index contributed by atoms with van der Waals surface area (Å²) in [6.07, 6.45) is 3.43.